The molecule has 2 unspecified atom stereocenters. The molecular weight excluding hydrogens is 444 g/mol. The number of hydrogen-bond donors (Lipinski definition) is 2. The highest BCUT2D eigenvalue weighted by atomic mass is 32.2. The van der Waals surface area contributed by atoms with Crippen LogP contribution in [0.5, 0.6) is 5.75 Å². The summed E-state index contributed by atoms with van der Waals surface area (Å²) in [5, 5.41) is 12.9. The molecule has 1 heterocycles. The van der Waals surface area contributed by atoms with Gasteiger partial charge in [0.05, 0.1) is 24.5 Å². The maximum absolute atomic E-state index is 11.1. The van der Waals surface area contributed by atoms with Gasteiger partial charge in [-0.05, 0) is 48.9 Å². The number of thiazole rings is 1. The Bertz CT molecular complexity index is 1070. The minimum absolute atomic E-state index is 0.183. The Balaban J connectivity index is 1.40. The van der Waals surface area contributed by atoms with Gasteiger partial charge in [-0.1, -0.05) is 30.7 Å². The monoisotopic (exact) mass is 470 g/mol. The van der Waals surface area contributed by atoms with Crippen LogP contribution in [-0.2, 0) is 4.74 Å². The zero-order valence-corrected chi connectivity index (χ0v) is 19.7. The number of carbonyl (C=O) groups is 1. The van der Waals surface area contributed by atoms with Crippen LogP contribution in [0.25, 0.3) is 10.6 Å². The van der Waals surface area contributed by atoms with Gasteiger partial charge in [0, 0.05) is 30.0 Å². The van der Waals surface area contributed by atoms with E-state index < -0.39 is 5.97 Å². The first-order valence-electron chi connectivity index (χ1n) is 10.5. The molecule has 1 aliphatic carbocycles. The van der Waals surface area contributed by atoms with Gasteiger partial charge in [-0.25, -0.2) is 9.78 Å². The van der Waals surface area contributed by atoms with Crippen molar-refractivity contribution in [2.45, 2.75) is 42.7 Å². The van der Waals surface area contributed by atoms with E-state index in [-0.39, 0.29) is 5.56 Å². The summed E-state index contributed by atoms with van der Waals surface area (Å²) < 4.78 is 14.1. The smallest absolute Gasteiger partial charge is 0.335 e. The zero-order valence-electron chi connectivity index (χ0n) is 18.0. The molecule has 1 aromatic heterocycles. The number of hydrogen-bond acceptors (Lipinski definition) is 7. The fourth-order valence-electron chi connectivity index (χ4n) is 4.01. The number of rotatable bonds is 8. The lowest BCUT2D eigenvalue weighted by molar-refractivity contribution is 0.0635. The highest BCUT2D eigenvalue weighted by Gasteiger charge is 2.23. The SMILES string of the molecule is COc1cc(C(=O)O)ccc1NSc1csc(-c2ccc(C3CCCC(OC)C3)cc2)n1. The Morgan fingerprint density at radius 1 is 1.19 bits per heavy atom. The van der Waals surface area contributed by atoms with Crippen molar-refractivity contribution in [3.05, 3.63) is 59.0 Å². The fourth-order valence-corrected chi connectivity index (χ4v) is 5.62. The second kappa shape index (κ2) is 10.4. The highest BCUT2D eigenvalue weighted by molar-refractivity contribution is 8.00. The number of nitrogens with one attached hydrogen (secondary N) is 1. The number of anilines is 1. The summed E-state index contributed by atoms with van der Waals surface area (Å²) in [7, 11) is 3.33. The van der Waals surface area contributed by atoms with Gasteiger partial charge in [-0.3, -0.25) is 0 Å². The molecule has 3 aromatic rings. The lowest BCUT2D eigenvalue weighted by atomic mass is 9.82. The number of aromatic carboxylic acids is 1. The van der Waals surface area contributed by atoms with Crippen LogP contribution in [0.4, 0.5) is 5.69 Å². The number of carboxylic acids is 1. The number of benzene rings is 2. The molecule has 4 rings (SSSR count). The van der Waals surface area contributed by atoms with E-state index in [2.05, 4.69) is 29.0 Å². The molecule has 2 N–H and O–H groups in total. The van der Waals surface area contributed by atoms with E-state index in [0.29, 0.717) is 23.5 Å². The molecule has 0 radical (unpaired) electrons. The first-order valence-corrected chi connectivity index (χ1v) is 12.2. The third kappa shape index (κ3) is 5.26. The number of aromatic nitrogens is 1. The molecular formula is C24H26N2O4S2. The average Bonchev–Trinajstić information content (AvgIpc) is 3.31. The predicted octanol–water partition coefficient (Wildman–Crippen LogP) is 6.31. The molecule has 1 aliphatic rings. The van der Waals surface area contributed by atoms with Gasteiger partial charge < -0.3 is 19.3 Å². The van der Waals surface area contributed by atoms with Crippen molar-refractivity contribution in [1.29, 1.82) is 0 Å². The van der Waals surface area contributed by atoms with E-state index in [1.54, 1.807) is 23.5 Å². The van der Waals surface area contributed by atoms with Crippen molar-refractivity contribution in [2.75, 3.05) is 18.9 Å². The highest BCUT2D eigenvalue weighted by Crippen LogP contribution is 2.36. The molecule has 8 heteroatoms. The Morgan fingerprint density at radius 3 is 2.72 bits per heavy atom. The van der Waals surface area contributed by atoms with Gasteiger partial charge in [0.2, 0.25) is 0 Å². The van der Waals surface area contributed by atoms with Crippen LogP contribution in [0.2, 0.25) is 0 Å². The third-order valence-electron chi connectivity index (χ3n) is 5.79. The number of nitrogens with zero attached hydrogens (tertiary/aromatic N) is 1. The van der Waals surface area contributed by atoms with Gasteiger partial charge >= 0.3 is 5.97 Å². The van der Waals surface area contributed by atoms with E-state index in [0.717, 1.165) is 28.4 Å². The van der Waals surface area contributed by atoms with Gasteiger partial charge in [0.15, 0.2) is 0 Å². The molecule has 6 nitrogen and oxygen atoms in total. The summed E-state index contributed by atoms with van der Waals surface area (Å²) in [4.78, 5) is 15.9. The zero-order chi connectivity index (χ0) is 22.5. The van der Waals surface area contributed by atoms with Crippen LogP contribution in [0.15, 0.2) is 52.9 Å². The second-order valence-corrected chi connectivity index (χ2v) is 9.44. The van der Waals surface area contributed by atoms with Crippen molar-refractivity contribution in [3.63, 3.8) is 0 Å². The van der Waals surface area contributed by atoms with Gasteiger partial charge in [-0.2, -0.15) is 0 Å². The Hall–Kier alpha value is -2.55. The first kappa shape index (κ1) is 22.6. The molecule has 168 valence electrons. The normalized spacial score (nSPS) is 18.3. The summed E-state index contributed by atoms with van der Waals surface area (Å²) in [5.74, 6) is 0.0541. The van der Waals surface area contributed by atoms with Crippen LogP contribution in [-0.4, -0.2) is 36.4 Å². The summed E-state index contributed by atoms with van der Waals surface area (Å²) in [6, 6.07) is 13.5. The van der Waals surface area contributed by atoms with Gasteiger partial charge in [-0.15, -0.1) is 11.3 Å². The van der Waals surface area contributed by atoms with Gasteiger partial charge in [0.25, 0.3) is 0 Å². The number of ether oxygens (including phenoxy) is 2. The van der Waals surface area contributed by atoms with E-state index in [1.807, 2.05) is 12.5 Å². The molecule has 2 atom stereocenters. The molecule has 0 spiro atoms. The van der Waals surface area contributed by atoms with E-state index in [1.165, 1.54) is 43.5 Å². The molecule has 0 saturated heterocycles. The molecule has 2 aromatic carbocycles. The van der Waals surface area contributed by atoms with Gasteiger partial charge in [0.1, 0.15) is 15.8 Å². The summed E-state index contributed by atoms with van der Waals surface area (Å²) in [5.41, 5.74) is 3.36. The quantitative estimate of drug-likeness (QED) is 0.373. The minimum Gasteiger partial charge on any atom is -0.495 e. The maximum atomic E-state index is 11.1. The van der Waals surface area contributed by atoms with Crippen molar-refractivity contribution in [3.8, 4) is 16.3 Å². The summed E-state index contributed by atoms with van der Waals surface area (Å²) in [6.45, 7) is 0. The Labute approximate surface area is 196 Å². The van der Waals surface area contributed by atoms with Crippen LogP contribution in [0.1, 0.15) is 47.5 Å². The standard InChI is InChI=1S/C24H26N2O4S2/c1-29-19-5-3-4-17(12-19)15-6-8-16(9-7-15)23-25-22(14-31-23)32-26-20-11-10-18(24(27)28)13-21(20)30-2/h6-11,13-14,17,19,26H,3-5,12H2,1-2H3,(H,27,28). The van der Waals surface area contributed by atoms with Crippen molar-refractivity contribution >= 4 is 34.9 Å². The summed E-state index contributed by atoms with van der Waals surface area (Å²) in [6.07, 6.45) is 5.07. The van der Waals surface area contributed by atoms with E-state index in [4.69, 9.17) is 19.6 Å². The Kier molecular flexibility index (Phi) is 7.34. The number of methoxy groups -OCH3 is 2. The van der Waals surface area contributed by atoms with Crippen LogP contribution in [0, 0.1) is 0 Å². The topological polar surface area (TPSA) is 80.7 Å². The molecule has 0 aliphatic heterocycles. The van der Waals surface area contributed by atoms with Crippen LogP contribution >= 0.6 is 23.3 Å². The largest absolute Gasteiger partial charge is 0.495 e. The minimum atomic E-state index is -0.986. The molecule has 32 heavy (non-hydrogen) atoms. The number of carboxylic acid groups (broad SMARTS) is 1. The maximum Gasteiger partial charge on any atom is 0.335 e. The van der Waals surface area contributed by atoms with E-state index >= 15 is 0 Å². The Morgan fingerprint density at radius 2 is 2.00 bits per heavy atom. The molecule has 0 bridgehead atoms. The first-order chi connectivity index (χ1) is 15.6. The van der Waals surface area contributed by atoms with E-state index in [9.17, 15) is 4.79 Å². The van der Waals surface area contributed by atoms with Crippen molar-refractivity contribution < 1.29 is 19.4 Å². The lowest BCUT2D eigenvalue weighted by Gasteiger charge is -2.28. The molecule has 0 amide bonds. The van der Waals surface area contributed by atoms with Crippen molar-refractivity contribution in [2.24, 2.45) is 0 Å². The molecule has 1 fully saturated rings. The van der Waals surface area contributed by atoms with Crippen LogP contribution in [0.3, 0.4) is 0 Å². The summed E-state index contributed by atoms with van der Waals surface area (Å²) >= 11 is 2.97. The lowest BCUT2D eigenvalue weighted by Crippen LogP contribution is -2.20. The average molecular weight is 471 g/mol. The molecule has 1 saturated carbocycles. The third-order valence-corrected chi connectivity index (χ3v) is 7.57. The second-order valence-electron chi connectivity index (χ2n) is 7.76. The van der Waals surface area contributed by atoms with Crippen molar-refractivity contribution in [1.82, 2.24) is 4.98 Å². The fraction of sp³-hybridized carbons (Fsp3) is 0.333. The van der Waals surface area contributed by atoms with Crippen LogP contribution < -0.4 is 9.46 Å². The predicted molar refractivity (Wildman–Crippen MR) is 129 cm³/mol.